The van der Waals surface area contributed by atoms with Crippen LogP contribution >= 0.6 is 0 Å². The summed E-state index contributed by atoms with van der Waals surface area (Å²) in [5, 5.41) is 8.69. The number of sulfonamides is 1. The number of anilines is 1. The molecule has 0 aliphatic carbocycles. The summed E-state index contributed by atoms with van der Waals surface area (Å²) in [6.45, 7) is 0.631. The van der Waals surface area contributed by atoms with Crippen molar-refractivity contribution in [1.82, 2.24) is 4.72 Å². The molecule has 0 unspecified atom stereocenters. The predicted octanol–water partition coefficient (Wildman–Crippen LogP) is 0.254. The lowest BCUT2D eigenvalue weighted by atomic mass is 10.1. The lowest BCUT2D eigenvalue weighted by Gasteiger charge is -2.21. The number of benzene rings is 1. The Morgan fingerprint density at radius 3 is 2.95 bits per heavy atom. The third-order valence-electron chi connectivity index (χ3n) is 2.91. The maximum atomic E-state index is 12.2. The van der Waals surface area contributed by atoms with Crippen LogP contribution in [0.1, 0.15) is 18.4 Å². The first-order valence-corrected chi connectivity index (χ1v) is 7.68. The minimum atomic E-state index is -3.66. The van der Waals surface area contributed by atoms with E-state index in [2.05, 4.69) is 4.72 Å². The Morgan fingerprint density at radius 1 is 1.42 bits per heavy atom. The van der Waals surface area contributed by atoms with Crippen LogP contribution in [-0.2, 0) is 16.4 Å². The highest BCUT2D eigenvalue weighted by Crippen LogP contribution is 2.34. The van der Waals surface area contributed by atoms with E-state index in [1.54, 1.807) is 6.07 Å². The Kier molecular flexibility index (Phi) is 4.28. The summed E-state index contributed by atoms with van der Waals surface area (Å²) in [7, 11) is -3.66. The van der Waals surface area contributed by atoms with Crippen molar-refractivity contribution >= 4 is 15.7 Å². The number of rotatable bonds is 5. The van der Waals surface area contributed by atoms with Gasteiger partial charge in [-0.1, -0.05) is 0 Å². The van der Waals surface area contributed by atoms with Crippen LogP contribution in [0.25, 0.3) is 0 Å². The molecule has 0 amide bonds. The molecule has 1 aromatic rings. The SMILES string of the molecule is Nc1cc2c(c(S(=O)(=O)NCCCO)c1)OCCC2. The van der Waals surface area contributed by atoms with Crippen molar-refractivity contribution in [1.29, 1.82) is 0 Å². The third-order valence-corrected chi connectivity index (χ3v) is 4.37. The average molecular weight is 286 g/mol. The van der Waals surface area contributed by atoms with Crippen LogP contribution in [0.3, 0.4) is 0 Å². The zero-order valence-electron chi connectivity index (χ0n) is 10.6. The zero-order valence-corrected chi connectivity index (χ0v) is 11.4. The number of aliphatic hydroxyl groups excluding tert-OH is 1. The number of hydrogen-bond acceptors (Lipinski definition) is 5. The van der Waals surface area contributed by atoms with E-state index in [1.165, 1.54) is 6.07 Å². The second-order valence-electron chi connectivity index (χ2n) is 4.43. The van der Waals surface area contributed by atoms with Gasteiger partial charge in [-0.2, -0.15) is 0 Å². The van der Waals surface area contributed by atoms with Crippen LogP contribution in [0.4, 0.5) is 5.69 Å². The molecule has 0 saturated heterocycles. The van der Waals surface area contributed by atoms with E-state index in [-0.39, 0.29) is 18.0 Å². The first-order chi connectivity index (χ1) is 9.04. The molecular formula is C12H18N2O4S. The lowest BCUT2D eigenvalue weighted by molar-refractivity contribution is 0.280. The number of ether oxygens (including phenoxy) is 1. The summed E-state index contributed by atoms with van der Waals surface area (Å²) < 4.78 is 32.3. The average Bonchev–Trinajstić information content (AvgIpc) is 2.38. The summed E-state index contributed by atoms with van der Waals surface area (Å²) in [5.41, 5.74) is 6.98. The second-order valence-corrected chi connectivity index (χ2v) is 6.17. The van der Waals surface area contributed by atoms with Crippen LogP contribution in [0.2, 0.25) is 0 Å². The number of fused-ring (bicyclic) bond motifs is 1. The summed E-state index contributed by atoms with van der Waals surface area (Å²) in [4.78, 5) is 0.0835. The number of nitrogen functional groups attached to an aromatic ring is 1. The molecule has 0 spiro atoms. The smallest absolute Gasteiger partial charge is 0.244 e. The number of aliphatic hydroxyl groups is 1. The van der Waals surface area contributed by atoms with E-state index in [0.29, 0.717) is 24.5 Å². The Morgan fingerprint density at radius 2 is 2.21 bits per heavy atom. The molecule has 6 nitrogen and oxygen atoms in total. The molecule has 1 heterocycles. The molecule has 106 valence electrons. The number of nitrogens with two attached hydrogens (primary N) is 1. The molecule has 19 heavy (non-hydrogen) atoms. The van der Waals surface area contributed by atoms with Crippen LogP contribution in [0, 0.1) is 0 Å². The summed E-state index contributed by atoms with van der Waals surface area (Å²) in [5.74, 6) is 0.400. The molecule has 0 fully saturated rings. The van der Waals surface area contributed by atoms with Gasteiger partial charge in [-0.3, -0.25) is 0 Å². The van der Waals surface area contributed by atoms with Gasteiger partial charge in [0, 0.05) is 18.8 Å². The Balaban J connectivity index is 2.35. The van der Waals surface area contributed by atoms with Crippen LogP contribution in [0.15, 0.2) is 17.0 Å². The van der Waals surface area contributed by atoms with E-state index < -0.39 is 10.0 Å². The molecule has 0 radical (unpaired) electrons. The minimum absolute atomic E-state index is 0.0615. The van der Waals surface area contributed by atoms with E-state index in [1.807, 2.05) is 0 Å². The van der Waals surface area contributed by atoms with Crippen LogP contribution in [-0.4, -0.2) is 33.3 Å². The molecule has 4 N–H and O–H groups in total. The lowest BCUT2D eigenvalue weighted by Crippen LogP contribution is -2.27. The van der Waals surface area contributed by atoms with Crippen molar-refractivity contribution in [2.24, 2.45) is 0 Å². The second kappa shape index (κ2) is 5.77. The van der Waals surface area contributed by atoms with Crippen molar-refractivity contribution < 1.29 is 18.3 Å². The van der Waals surface area contributed by atoms with Gasteiger partial charge in [0.25, 0.3) is 0 Å². The summed E-state index contributed by atoms with van der Waals surface area (Å²) in [6, 6.07) is 3.16. The van der Waals surface area contributed by atoms with E-state index >= 15 is 0 Å². The quantitative estimate of drug-likeness (QED) is 0.532. The van der Waals surface area contributed by atoms with Crippen molar-refractivity contribution in [2.45, 2.75) is 24.2 Å². The van der Waals surface area contributed by atoms with E-state index in [0.717, 1.165) is 18.4 Å². The summed E-state index contributed by atoms with van der Waals surface area (Å²) in [6.07, 6.45) is 1.98. The van der Waals surface area contributed by atoms with Gasteiger partial charge in [-0.25, -0.2) is 13.1 Å². The molecule has 0 aromatic heterocycles. The van der Waals surface area contributed by atoms with Crippen LogP contribution < -0.4 is 15.2 Å². The van der Waals surface area contributed by atoms with Gasteiger partial charge in [-0.15, -0.1) is 0 Å². The topological polar surface area (TPSA) is 102 Å². The molecule has 7 heteroatoms. The Bertz CT molecular complexity index is 557. The fourth-order valence-corrected chi connectivity index (χ4v) is 3.33. The zero-order chi connectivity index (χ0) is 13.9. The van der Waals surface area contributed by atoms with E-state index in [4.69, 9.17) is 15.6 Å². The van der Waals surface area contributed by atoms with Crippen molar-refractivity contribution in [3.8, 4) is 5.75 Å². The van der Waals surface area contributed by atoms with Crippen molar-refractivity contribution in [2.75, 3.05) is 25.5 Å². The monoisotopic (exact) mass is 286 g/mol. The fourth-order valence-electron chi connectivity index (χ4n) is 2.03. The van der Waals surface area contributed by atoms with Gasteiger partial charge in [0.05, 0.1) is 6.61 Å². The highest BCUT2D eigenvalue weighted by atomic mass is 32.2. The third kappa shape index (κ3) is 3.17. The number of aryl methyl sites for hydroxylation is 1. The van der Waals surface area contributed by atoms with Gasteiger partial charge in [-0.05, 0) is 37.0 Å². The first kappa shape index (κ1) is 14.1. The van der Waals surface area contributed by atoms with Gasteiger partial charge in [0.1, 0.15) is 10.6 Å². The van der Waals surface area contributed by atoms with Crippen molar-refractivity contribution in [3.63, 3.8) is 0 Å². The standard InChI is InChI=1S/C12H18N2O4S/c13-10-7-9-3-1-6-18-12(9)11(8-10)19(16,17)14-4-2-5-15/h7-8,14-15H,1-6,13H2. The van der Waals surface area contributed by atoms with Gasteiger partial charge in [0.15, 0.2) is 0 Å². The molecule has 1 aliphatic heterocycles. The highest BCUT2D eigenvalue weighted by Gasteiger charge is 2.24. The normalized spacial score (nSPS) is 14.8. The molecule has 0 bridgehead atoms. The largest absolute Gasteiger partial charge is 0.492 e. The van der Waals surface area contributed by atoms with E-state index in [9.17, 15) is 8.42 Å². The maximum absolute atomic E-state index is 12.2. The van der Waals surface area contributed by atoms with Gasteiger partial charge >= 0.3 is 0 Å². The van der Waals surface area contributed by atoms with Crippen LogP contribution in [0.5, 0.6) is 5.75 Å². The number of hydrogen-bond donors (Lipinski definition) is 3. The molecule has 2 rings (SSSR count). The molecule has 1 aromatic carbocycles. The minimum Gasteiger partial charge on any atom is -0.492 e. The molecule has 1 aliphatic rings. The Labute approximate surface area is 112 Å². The molecule has 0 atom stereocenters. The maximum Gasteiger partial charge on any atom is 0.244 e. The fraction of sp³-hybridized carbons (Fsp3) is 0.500. The molecule has 0 saturated carbocycles. The highest BCUT2D eigenvalue weighted by molar-refractivity contribution is 7.89. The van der Waals surface area contributed by atoms with Gasteiger partial charge < -0.3 is 15.6 Å². The van der Waals surface area contributed by atoms with Crippen molar-refractivity contribution in [3.05, 3.63) is 17.7 Å². The Hall–Kier alpha value is -1.31. The predicted molar refractivity (Wildman–Crippen MR) is 71.6 cm³/mol. The number of nitrogens with one attached hydrogen (secondary N) is 1. The van der Waals surface area contributed by atoms with Gasteiger partial charge in [0.2, 0.25) is 10.0 Å². The molecular weight excluding hydrogens is 268 g/mol. The summed E-state index contributed by atoms with van der Waals surface area (Å²) >= 11 is 0. The first-order valence-electron chi connectivity index (χ1n) is 6.20.